The highest BCUT2D eigenvalue weighted by atomic mass is 32.1. The van der Waals surface area contributed by atoms with Crippen molar-refractivity contribution >= 4 is 40.2 Å². The molecule has 1 aromatic carbocycles. The smallest absolute Gasteiger partial charge is 0.294 e. The third-order valence-corrected chi connectivity index (χ3v) is 6.02. The third kappa shape index (κ3) is 3.86. The molecule has 0 radical (unpaired) electrons. The number of rotatable bonds is 6. The molecule has 1 aliphatic heterocycles. The fraction of sp³-hybridized carbons (Fsp3) is 0.300. The van der Waals surface area contributed by atoms with Gasteiger partial charge < -0.3 is 19.9 Å². The summed E-state index contributed by atoms with van der Waals surface area (Å²) in [5.41, 5.74) is 2.19. The molecule has 3 aromatic rings. The number of ether oxygens (including phenoxy) is 1. The van der Waals surface area contributed by atoms with Crippen LogP contribution in [0.15, 0.2) is 35.8 Å². The van der Waals surface area contributed by atoms with E-state index >= 15 is 0 Å². The van der Waals surface area contributed by atoms with Gasteiger partial charge in [-0.3, -0.25) is 10.1 Å². The van der Waals surface area contributed by atoms with Crippen molar-refractivity contribution in [3.05, 3.63) is 56.4 Å². The number of thiophene rings is 1. The van der Waals surface area contributed by atoms with Crippen molar-refractivity contribution in [3.8, 4) is 5.75 Å². The normalized spacial score (nSPS) is 13.0. The lowest BCUT2D eigenvalue weighted by Crippen LogP contribution is -2.30. The van der Waals surface area contributed by atoms with Crippen LogP contribution in [0.5, 0.6) is 5.75 Å². The van der Waals surface area contributed by atoms with Gasteiger partial charge >= 0.3 is 0 Å². The second-order valence-electron chi connectivity index (χ2n) is 7.10. The maximum atomic E-state index is 11.5. The van der Waals surface area contributed by atoms with Crippen molar-refractivity contribution in [2.24, 2.45) is 0 Å². The van der Waals surface area contributed by atoms with Crippen molar-refractivity contribution in [2.75, 3.05) is 42.9 Å². The van der Waals surface area contributed by atoms with Gasteiger partial charge in [-0.05, 0) is 29.5 Å². The van der Waals surface area contributed by atoms with Crippen LogP contribution in [0.25, 0.3) is 0 Å². The number of nitrogens with zero attached hydrogens (tertiary/aromatic N) is 5. The molecular formula is C20H22N6O3S. The van der Waals surface area contributed by atoms with Gasteiger partial charge in [0.2, 0.25) is 5.95 Å². The fourth-order valence-electron chi connectivity index (χ4n) is 3.48. The SMILES string of the molecule is COc1cc(N(C)C)c([N+](=O)[O-])cc1Nc1nccc(N2CCc3sccc3C2)n1. The summed E-state index contributed by atoms with van der Waals surface area (Å²) in [7, 11) is 5.02. The van der Waals surface area contributed by atoms with Gasteiger partial charge in [0.25, 0.3) is 5.69 Å². The van der Waals surface area contributed by atoms with E-state index in [1.807, 2.05) is 6.07 Å². The molecule has 0 saturated carbocycles. The average molecular weight is 427 g/mol. The summed E-state index contributed by atoms with van der Waals surface area (Å²) in [5, 5.41) is 16.7. The lowest BCUT2D eigenvalue weighted by atomic mass is 10.1. The van der Waals surface area contributed by atoms with Crippen molar-refractivity contribution in [1.29, 1.82) is 0 Å². The number of benzene rings is 1. The van der Waals surface area contributed by atoms with Crippen LogP contribution in [0.4, 0.5) is 28.8 Å². The first-order chi connectivity index (χ1) is 14.5. The van der Waals surface area contributed by atoms with E-state index in [1.165, 1.54) is 23.6 Å². The second-order valence-corrected chi connectivity index (χ2v) is 8.10. The second kappa shape index (κ2) is 8.15. The number of hydrogen-bond acceptors (Lipinski definition) is 9. The Morgan fingerprint density at radius 3 is 2.90 bits per heavy atom. The Hall–Kier alpha value is -3.40. The van der Waals surface area contributed by atoms with E-state index in [1.54, 1.807) is 42.6 Å². The van der Waals surface area contributed by atoms with Crippen LogP contribution in [0.2, 0.25) is 0 Å². The topological polar surface area (TPSA) is 96.7 Å². The van der Waals surface area contributed by atoms with E-state index < -0.39 is 4.92 Å². The minimum atomic E-state index is -0.413. The van der Waals surface area contributed by atoms with E-state index in [0.717, 1.165) is 25.3 Å². The van der Waals surface area contributed by atoms with Gasteiger partial charge in [-0.25, -0.2) is 4.98 Å². The van der Waals surface area contributed by atoms with Gasteiger partial charge in [0.15, 0.2) is 0 Å². The van der Waals surface area contributed by atoms with Crippen LogP contribution in [-0.2, 0) is 13.0 Å². The highest BCUT2D eigenvalue weighted by molar-refractivity contribution is 7.10. The van der Waals surface area contributed by atoms with E-state index in [9.17, 15) is 10.1 Å². The molecule has 4 rings (SSSR count). The Kier molecular flexibility index (Phi) is 5.40. The molecule has 0 fully saturated rings. The van der Waals surface area contributed by atoms with E-state index in [-0.39, 0.29) is 5.69 Å². The first-order valence-corrected chi connectivity index (χ1v) is 10.3. The van der Waals surface area contributed by atoms with Crippen molar-refractivity contribution in [3.63, 3.8) is 0 Å². The molecule has 0 saturated heterocycles. The van der Waals surface area contributed by atoms with Gasteiger partial charge in [0.1, 0.15) is 17.3 Å². The summed E-state index contributed by atoms with van der Waals surface area (Å²) in [5.74, 6) is 1.63. The highest BCUT2D eigenvalue weighted by Gasteiger charge is 2.22. The number of anilines is 4. The molecule has 2 aromatic heterocycles. The van der Waals surface area contributed by atoms with E-state index in [4.69, 9.17) is 4.74 Å². The summed E-state index contributed by atoms with van der Waals surface area (Å²) in [6.45, 7) is 1.69. The molecule has 0 bridgehead atoms. The minimum Gasteiger partial charge on any atom is -0.494 e. The minimum absolute atomic E-state index is 0.0273. The Morgan fingerprint density at radius 2 is 2.17 bits per heavy atom. The van der Waals surface area contributed by atoms with Crippen molar-refractivity contribution in [1.82, 2.24) is 9.97 Å². The summed E-state index contributed by atoms with van der Waals surface area (Å²) < 4.78 is 5.44. The number of hydrogen-bond donors (Lipinski definition) is 1. The Labute approximate surface area is 178 Å². The van der Waals surface area contributed by atoms with Crippen LogP contribution in [0, 0.1) is 10.1 Å². The Bertz CT molecular complexity index is 1080. The number of aromatic nitrogens is 2. The van der Waals surface area contributed by atoms with Crippen LogP contribution < -0.4 is 19.9 Å². The number of nitro groups is 1. The third-order valence-electron chi connectivity index (χ3n) is 4.99. The number of nitro benzene ring substituents is 1. The largest absolute Gasteiger partial charge is 0.494 e. The summed E-state index contributed by atoms with van der Waals surface area (Å²) in [4.78, 5) is 25.4. The van der Waals surface area contributed by atoms with Crippen LogP contribution in [-0.4, -0.2) is 42.6 Å². The number of nitrogens with one attached hydrogen (secondary N) is 1. The van der Waals surface area contributed by atoms with Crippen molar-refractivity contribution < 1.29 is 9.66 Å². The first-order valence-electron chi connectivity index (χ1n) is 9.40. The molecule has 0 aliphatic carbocycles. The molecule has 0 amide bonds. The van der Waals surface area contributed by atoms with Gasteiger partial charge in [-0.15, -0.1) is 11.3 Å². The lowest BCUT2D eigenvalue weighted by molar-refractivity contribution is -0.384. The summed E-state index contributed by atoms with van der Waals surface area (Å²) in [6.07, 6.45) is 2.68. The number of methoxy groups -OCH3 is 1. The quantitative estimate of drug-likeness (QED) is 0.469. The van der Waals surface area contributed by atoms with Gasteiger partial charge in [0, 0.05) is 50.4 Å². The summed E-state index contributed by atoms with van der Waals surface area (Å²) >= 11 is 1.79. The first kappa shape index (κ1) is 19.9. The summed E-state index contributed by atoms with van der Waals surface area (Å²) in [6, 6.07) is 7.11. The molecule has 1 aliphatic rings. The Balaban J connectivity index is 1.63. The van der Waals surface area contributed by atoms with Gasteiger partial charge in [-0.1, -0.05) is 0 Å². The van der Waals surface area contributed by atoms with Crippen molar-refractivity contribution in [2.45, 2.75) is 13.0 Å². The van der Waals surface area contributed by atoms with Crippen LogP contribution in [0.1, 0.15) is 10.4 Å². The monoisotopic (exact) mass is 426 g/mol. The van der Waals surface area contributed by atoms with Crippen LogP contribution >= 0.6 is 11.3 Å². The zero-order valence-corrected chi connectivity index (χ0v) is 17.8. The molecule has 10 heteroatoms. The van der Waals surface area contributed by atoms with Gasteiger partial charge in [-0.2, -0.15) is 4.98 Å². The predicted molar refractivity (Wildman–Crippen MR) is 118 cm³/mol. The van der Waals surface area contributed by atoms with Crippen LogP contribution in [0.3, 0.4) is 0 Å². The highest BCUT2D eigenvalue weighted by Crippen LogP contribution is 2.38. The van der Waals surface area contributed by atoms with E-state index in [2.05, 4.69) is 31.6 Å². The molecule has 0 atom stereocenters. The van der Waals surface area contributed by atoms with E-state index in [0.29, 0.717) is 23.1 Å². The standard InChI is InChI=1S/C20H22N6O3S/c1-24(2)15-11-17(29-3)14(10-16(15)26(27)28)22-20-21-7-4-19(23-20)25-8-5-18-13(12-25)6-9-30-18/h4,6-7,9-11H,5,8,12H2,1-3H3,(H,21,22,23). The fourth-order valence-corrected chi connectivity index (χ4v) is 4.37. The number of fused-ring (bicyclic) bond motifs is 1. The predicted octanol–water partition coefficient (Wildman–Crippen LogP) is 3.83. The molecule has 9 nitrogen and oxygen atoms in total. The maximum Gasteiger partial charge on any atom is 0.294 e. The Morgan fingerprint density at radius 1 is 1.33 bits per heavy atom. The zero-order chi connectivity index (χ0) is 21.3. The molecular weight excluding hydrogens is 404 g/mol. The maximum absolute atomic E-state index is 11.5. The molecule has 156 valence electrons. The molecule has 3 heterocycles. The zero-order valence-electron chi connectivity index (χ0n) is 17.0. The molecule has 1 N–H and O–H groups in total. The molecule has 30 heavy (non-hydrogen) atoms. The lowest BCUT2D eigenvalue weighted by Gasteiger charge is -2.28. The average Bonchev–Trinajstić information content (AvgIpc) is 3.21. The molecule has 0 spiro atoms. The molecule has 0 unspecified atom stereocenters. The van der Waals surface area contributed by atoms with Gasteiger partial charge in [0.05, 0.1) is 17.7 Å².